The number of rotatable bonds is 5. The van der Waals surface area contributed by atoms with Crippen LogP contribution < -0.4 is 0 Å². The number of hydrogen-bond donors (Lipinski definition) is 1. The second kappa shape index (κ2) is 6.50. The molecule has 0 amide bonds. The summed E-state index contributed by atoms with van der Waals surface area (Å²) in [5.74, 6) is -1.73. The van der Waals surface area contributed by atoms with Gasteiger partial charge in [-0.1, -0.05) is 36.4 Å². The van der Waals surface area contributed by atoms with Gasteiger partial charge in [0.1, 0.15) is 0 Å². The fourth-order valence-corrected chi connectivity index (χ4v) is 3.38. The first-order valence-corrected chi connectivity index (χ1v) is 8.08. The molecule has 4 nitrogen and oxygen atoms in total. The lowest BCUT2D eigenvalue weighted by atomic mass is 9.91. The van der Waals surface area contributed by atoms with Crippen LogP contribution >= 0.6 is 0 Å². The van der Waals surface area contributed by atoms with Gasteiger partial charge < -0.3 is 5.11 Å². The molecule has 0 aromatic heterocycles. The molecule has 0 radical (unpaired) electrons. The third-order valence-corrected chi connectivity index (χ3v) is 4.70. The van der Waals surface area contributed by atoms with Crippen LogP contribution in [0.15, 0.2) is 42.5 Å². The standard InChI is InChI=1S/C19H21NO3/c1-13(19(22)23)17(20-10-4-5-11-20)18(21)16-9-8-14-6-2-3-7-15(14)12-16/h2-3,6-9,12-13,17H,4-5,10-11H2,1H3,(H,22,23). The van der Waals surface area contributed by atoms with Crippen LogP contribution in [0.5, 0.6) is 0 Å². The second-order valence-electron chi connectivity index (χ2n) is 6.24. The van der Waals surface area contributed by atoms with E-state index in [-0.39, 0.29) is 5.78 Å². The number of carbonyl (C=O) groups excluding carboxylic acids is 1. The zero-order chi connectivity index (χ0) is 16.4. The number of fused-ring (bicyclic) bond motifs is 1. The number of likely N-dealkylation sites (tertiary alicyclic amines) is 1. The molecule has 4 heteroatoms. The Morgan fingerprint density at radius 2 is 1.70 bits per heavy atom. The van der Waals surface area contributed by atoms with Gasteiger partial charge in [0.05, 0.1) is 12.0 Å². The van der Waals surface area contributed by atoms with E-state index in [0.717, 1.165) is 36.7 Å². The summed E-state index contributed by atoms with van der Waals surface area (Å²) in [7, 11) is 0. The third kappa shape index (κ3) is 3.13. The molecule has 1 aliphatic rings. The van der Waals surface area contributed by atoms with Gasteiger partial charge in [0.15, 0.2) is 5.78 Å². The highest BCUT2D eigenvalue weighted by Gasteiger charge is 2.36. The molecule has 2 atom stereocenters. The lowest BCUT2D eigenvalue weighted by molar-refractivity contribution is -0.142. The van der Waals surface area contributed by atoms with Gasteiger partial charge in [-0.25, -0.2) is 0 Å². The molecule has 2 aromatic rings. The Morgan fingerprint density at radius 3 is 2.35 bits per heavy atom. The van der Waals surface area contributed by atoms with Gasteiger partial charge in [-0.3, -0.25) is 14.5 Å². The van der Waals surface area contributed by atoms with E-state index in [1.807, 2.05) is 47.4 Å². The van der Waals surface area contributed by atoms with Crippen molar-refractivity contribution in [1.29, 1.82) is 0 Å². The normalized spacial score (nSPS) is 18.0. The van der Waals surface area contributed by atoms with Crippen LogP contribution in [0.2, 0.25) is 0 Å². The number of carbonyl (C=O) groups is 2. The van der Waals surface area contributed by atoms with E-state index in [2.05, 4.69) is 0 Å². The molecule has 1 N–H and O–H groups in total. The van der Waals surface area contributed by atoms with Gasteiger partial charge in [0.25, 0.3) is 0 Å². The average molecular weight is 311 g/mol. The minimum Gasteiger partial charge on any atom is -0.481 e. The number of hydrogen-bond acceptors (Lipinski definition) is 3. The molecule has 120 valence electrons. The number of nitrogens with zero attached hydrogens (tertiary/aromatic N) is 1. The predicted molar refractivity (Wildman–Crippen MR) is 89.7 cm³/mol. The molecule has 1 saturated heterocycles. The molecule has 0 aliphatic carbocycles. The molecule has 0 spiro atoms. The Hall–Kier alpha value is -2.20. The molecule has 3 rings (SSSR count). The Kier molecular flexibility index (Phi) is 4.44. The first kappa shape index (κ1) is 15.7. The summed E-state index contributed by atoms with van der Waals surface area (Å²) in [6.45, 7) is 3.22. The van der Waals surface area contributed by atoms with Gasteiger partial charge in [-0.2, -0.15) is 0 Å². The highest BCUT2D eigenvalue weighted by molar-refractivity contribution is 6.04. The largest absolute Gasteiger partial charge is 0.481 e. The predicted octanol–water partition coefficient (Wildman–Crippen LogP) is 3.21. The van der Waals surface area contributed by atoms with E-state index < -0.39 is 17.9 Å². The highest BCUT2D eigenvalue weighted by Crippen LogP contribution is 2.24. The maximum absolute atomic E-state index is 13.0. The van der Waals surface area contributed by atoms with Crippen molar-refractivity contribution in [3.05, 3.63) is 48.0 Å². The van der Waals surface area contributed by atoms with Crippen LogP contribution in [0, 0.1) is 5.92 Å². The van der Waals surface area contributed by atoms with E-state index in [0.29, 0.717) is 5.56 Å². The number of carboxylic acids is 1. The fraction of sp³-hybridized carbons (Fsp3) is 0.368. The molecule has 2 unspecified atom stereocenters. The summed E-state index contributed by atoms with van der Waals surface area (Å²) >= 11 is 0. The van der Waals surface area contributed by atoms with E-state index in [1.165, 1.54) is 0 Å². The smallest absolute Gasteiger partial charge is 0.308 e. The summed E-state index contributed by atoms with van der Waals surface area (Å²) in [5.41, 5.74) is 0.591. The summed E-state index contributed by atoms with van der Waals surface area (Å²) in [4.78, 5) is 26.5. The number of Topliss-reactive ketones (excluding diaryl/α,β-unsaturated/α-hetero) is 1. The van der Waals surface area contributed by atoms with E-state index >= 15 is 0 Å². The number of carboxylic acid groups (broad SMARTS) is 1. The van der Waals surface area contributed by atoms with Crippen LogP contribution in [-0.2, 0) is 4.79 Å². The zero-order valence-electron chi connectivity index (χ0n) is 13.2. The van der Waals surface area contributed by atoms with Crippen molar-refractivity contribution in [2.45, 2.75) is 25.8 Å². The van der Waals surface area contributed by atoms with Crippen molar-refractivity contribution in [3.8, 4) is 0 Å². The average Bonchev–Trinajstić information content (AvgIpc) is 3.08. The van der Waals surface area contributed by atoms with Gasteiger partial charge in [0.2, 0.25) is 0 Å². The Balaban J connectivity index is 1.96. The zero-order valence-corrected chi connectivity index (χ0v) is 13.2. The minimum absolute atomic E-state index is 0.0902. The van der Waals surface area contributed by atoms with Crippen molar-refractivity contribution in [2.24, 2.45) is 5.92 Å². The quantitative estimate of drug-likeness (QED) is 0.862. The molecule has 0 saturated carbocycles. The molecule has 1 fully saturated rings. The monoisotopic (exact) mass is 311 g/mol. The number of aliphatic carboxylic acids is 1. The number of ketones is 1. The van der Waals surface area contributed by atoms with E-state index in [4.69, 9.17) is 0 Å². The Bertz CT molecular complexity index is 734. The molecule has 23 heavy (non-hydrogen) atoms. The highest BCUT2D eigenvalue weighted by atomic mass is 16.4. The van der Waals surface area contributed by atoms with Gasteiger partial charge in [-0.05, 0) is 49.7 Å². The summed E-state index contributed by atoms with van der Waals surface area (Å²) in [6, 6.07) is 12.9. The molecule has 1 heterocycles. The van der Waals surface area contributed by atoms with Crippen molar-refractivity contribution in [1.82, 2.24) is 4.90 Å². The van der Waals surface area contributed by atoms with E-state index in [1.54, 1.807) is 6.92 Å². The molecular formula is C19H21NO3. The molecule has 2 aromatic carbocycles. The first-order valence-electron chi connectivity index (χ1n) is 8.08. The SMILES string of the molecule is CC(C(=O)O)C(C(=O)c1ccc2ccccc2c1)N1CCCC1. The van der Waals surface area contributed by atoms with Crippen molar-refractivity contribution < 1.29 is 14.7 Å². The fourth-order valence-electron chi connectivity index (χ4n) is 3.38. The maximum Gasteiger partial charge on any atom is 0.308 e. The summed E-state index contributed by atoms with van der Waals surface area (Å²) in [5, 5.41) is 11.5. The van der Waals surface area contributed by atoms with Gasteiger partial charge in [-0.15, -0.1) is 0 Å². The third-order valence-electron chi connectivity index (χ3n) is 4.70. The van der Waals surface area contributed by atoms with Crippen LogP contribution in [-0.4, -0.2) is 40.9 Å². The van der Waals surface area contributed by atoms with Crippen molar-refractivity contribution in [3.63, 3.8) is 0 Å². The van der Waals surface area contributed by atoms with Gasteiger partial charge in [0, 0.05) is 5.56 Å². The molecule has 1 aliphatic heterocycles. The Morgan fingerprint density at radius 1 is 1.04 bits per heavy atom. The van der Waals surface area contributed by atoms with Crippen molar-refractivity contribution in [2.75, 3.05) is 13.1 Å². The first-order chi connectivity index (χ1) is 11.1. The van der Waals surface area contributed by atoms with Gasteiger partial charge >= 0.3 is 5.97 Å². The second-order valence-corrected chi connectivity index (χ2v) is 6.24. The lowest BCUT2D eigenvalue weighted by Gasteiger charge is -2.29. The summed E-state index contributed by atoms with van der Waals surface area (Å²) < 4.78 is 0. The summed E-state index contributed by atoms with van der Waals surface area (Å²) in [6.07, 6.45) is 2.04. The maximum atomic E-state index is 13.0. The molecule has 0 bridgehead atoms. The van der Waals surface area contributed by atoms with Crippen LogP contribution in [0.3, 0.4) is 0 Å². The van der Waals surface area contributed by atoms with Crippen LogP contribution in [0.1, 0.15) is 30.1 Å². The Labute approximate surface area is 135 Å². The van der Waals surface area contributed by atoms with E-state index in [9.17, 15) is 14.7 Å². The lowest BCUT2D eigenvalue weighted by Crippen LogP contribution is -2.46. The number of benzene rings is 2. The minimum atomic E-state index is -0.920. The van der Waals surface area contributed by atoms with Crippen LogP contribution in [0.25, 0.3) is 10.8 Å². The van der Waals surface area contributed by atoms with Crippen molar-refractivity contribution >= 4 is 22.5 Å². The molecular weight excluding hydrogens is 290 g/mol. The topological polar surface area (TPSA) is 57.6 Å². The van der Waals surface area contributed by atoms with Crippen LogP contribution in [0.4, 0.5) is 0 Å².